The normalized spacial score (nSPS) is 16.8. The molecule has 1 aromatic heterocycles. The molecular formula is C18H22N4O3. The molecule has 25 heavy (non-hydrogen) atoms. The zero-order valence-electron chi connectivity index (χ0n) is 14.1. The van der Waals surface area contributed by atoms with Crippen LogP contribution in [0.15, 0.2) is 16.3 Å². The van der Waals surface area contributed by atoms with Crippen molar-refractivity contribution < 1.29 is 14.7 Å². The second kappa shape index (κ2) is 7.09. The summed E-state index contributed by atoms with van der Waals surface area (Å²) in [6, 6.07) is 1.68. The molecule has 0 atom stereocenters. The molecule has 0 radical (unpaired) electrons. The maximum absolute atomic E-state index is 12.1. The van der Waals surface area contributed by atoms with E-state index < -0.39 is 11.6 Å². The average Bonchev–Trinajstić information content (AvgIpc) is 3.29. The Morgan fingerprint density at radius 1 is 1.36 bits per heavy atom. The largest absolute Gasteiger partial charge is 0.478 e. The standard InChI is InChI=1S/C18H22N4O3/c1-2-3-8-18(20-21-18)9-7-16(23)19-12-13-11-14(17(24)25)15-6-4-5-10-22(13)15/h1,11H,3-10,12H2,(H,19,23)(H,24,25). The average molecular weight is 342 g/mol. The first-order chi connectivity index (χ1) is 12.0. The van der Waals surface area contributed by atoms with Gasteiger partial charge in [-0.2, -0.15) is 10.2 Å². The third-order valence-corrected chi connectivity index (χ3v) is 4.84. The van der Waals surface area contributed by atoms with Crippen molar-refractivity contribution in [3.63, 3.8) is 0 Å². The summed E-state index contributed by atoms with van der Waals surface area (Å²) in [7, 11) is 0. The lowest BCUT2D eigenvalue weighted by atomic mass is 10.0. The number of amides is 1. The Bertz CT molecular complexity index is 751. The third kappa shape index (κ3) is 3.90. The molecule has 7 nitrogen and oxygen atoms in total. The van der Waals surface area contributed by atoms with Crippen LogP contribution >= 0.6 is 0 Å². The Labute approximate surface area is 146 Å². The summed E-state index contributed by atoms with van der Waals surface area (Å²) < 4.78 is 2.03. The summed E-state index contributed by atoms with van der Waals surface area (Å²) in [6.45, 7) is 1.14. The minimum absolute atomic E-state index is 0.0828. The highest BCUT2D eigenvalue weighted by molar-refractivity contribution is 5.89. The Morgan fingerprint density at radius 3 is 2.84 bits per heavy atom. The molecule has 0 bridgehead atoms. The van der Waals surface area contributed by atoms with E-state index in [9.17, 15) is 14.7 Å². The molecule has 3 rings (SSSR count). The number of nitrogens with zero attached hydrogens (tertiary/aromatic N) is 3. The fourth-order valence-electron chi connectivity index (χ4n) is 3.35. The summed E-state index contributed by atoms with van der Waals surface area (Å²) in [4.78, 5) is 23.5. The fourth-order valence-corrected chi connectivity index (χ4v) is 3.35. The van der Waals surface area contributed by atoms with E-state index in [0.29, 0.717) is 37.8 Å². The molecule has 132 valence electrons. The van der Waals surface area contributed by atoms with Crippen LogP contribution in [-0.2, 0) is 24.3 Å². The minimum Gasteiger partial charge on any atom is -0.478 e. The minimum atomic E-state index is -0.907. The van der Waals surface area contributed by atoms with E-state index in [2.05, 4.69) is 21.5 Å². The quantitative estimate of drug-likeness (QED) is 0.710. The van der Waals surface area contributed by atoms with Gasteiger partial charge in [0.15, 0.2) is 5.66 Å². The first-order valence-electron chi connectivity index (χ1n) is 8.63. The van der Waals surface area contributed by atoms with E-state index >= 15 is 0 Å². The van der Waals surface area contributed by atoms with Gasteiger partial charge in [-0.05, 0) is 25.3 Å². The molecule has 0 fully saturated rings. The number of hydrogen-bond acceptors (Lipinski definition) is 4. The van der Waals surface area contributed by atoms with Crippen molar-refractivity contribution in [3.05, 3.63) is 23.0 Å². The number of terminal acetylenes is 1. The first-order valence-corrected chi connectivity index (χ1v) is 8.63. The van der Waals surface area contributed by atoms with Crippen LogP contribution in [0.4, 0.5) is 0 Å². The number of aromatic nitrogens is 1. The molecule has 0 saturated heterocycles. The lowest BCUT2D eigenvalue weighted by Gasteiger charge is -2.18. The van der Waals surface area contributed by atoms with Crippen LogP contribution in [0.2, 0.25) is 0 Å². The molecule has 0 unspecified atom stereocenters. The Hall–Kier alpha value is -2.62. The number of aromatic carboxylic acids is 1. The first kappa shape index (κ1) is 17.2. The lowest BCUT2D eigenvalue weighted by Crippen LogP contribution is -2.26. The molecule has 0 aromatic carbocycles. The van der Waals surface area contributed by atoms with Crippen molar-refractivity contribution in [2.45, 2.75) is 63.7 Å². The number of carbonyl (C=O) groups is 2. The van der Waals surface area contributed by atoms with Gasteiger partial charge in [-0.3, -0.25) is 4.79 Å². The van der Waals surface area contributed by atoms with Crippen LogP contribution in [0.1, 0.15) is 60.3 Å². The number of nitrogens with one attached hydrogen (secondary N) is 1. The van der Waals surface area contributed by atoms with Gasteiger partial charge in [0.1, 0.15) is 0 Å². The van der Waals surface area contributed by atoms with Crippen LogP contribution in [0.5, 0.6) is 0 Å². The van der Waals surface area contributed by atoms with Crippen LogP contribution in [-0.4, -0.2) is 27.2 Å². The molecule has 0 aliphatic carbocycles. The Morgan fingerprint density at radius 2 is 2.16 bits per heavy atom. The Kier molecular flexibility index (Phi) is 4.88. The fraction of sp³-hybridized carbons (Fsp3) is 0.556. The van der Waals surface area contributed by atoms with Crippen LogP contribution in [0.25, 0.3) is 0 Å². The Balaban J connectivity index is 1.54. The summed E-state index contributed by atoms with van der Waals surface area (Å²) in [5.41, 5.74) is 1.62. The summed E-state index contributed by atoms with van der Waals surface area (Å²) in [5, 5.41) is 20.3. The number of hydrogen-bond donors (Lipinski definition) is 2. The van der Waals surface area contributed by atoms with Gasteiger partial charge in [-0.15, -0.1) is 12.3 Å². The van der Waals surface area contributed by atoms with E-state index in [1.807, 2.05) is 4.57 Å². The van der Waals surface area contributed by atoms with Crippen LogP contribution in [0.3, 0.4) is 0 Å². The molecule has 1 aromatic rings. The highest BCUT2D eigenvalue weighted by Gasteiger charge is 2.39. The number of carbonyl (C=O) groups excluding carboxylic acids is 1. The predicted octanol–water partition coefficient (Wildman–Crippen LogP) is 2.49. The lowest BCUT2D eigenvalue weighted by molar-refractivity contribution is -0.121. The van der Waals surface area contributed by atoms with E-state index in [0.717, 1.165) is 37.2 Å². The topological polar surface area (TPSA) is 96.1 Å². The second-order valence-corrected chi connectivity index (χ2v) is 6.57. The van der Waals surface area contributed by atoms with Crippen molar-refractivity contribution in [2.24, 2.45) is 10.2 Å². The maximum atomic E-state index is 12.1. The van der Waals surface area contributed by atoms with Crippen LogP contribution in [0, 0.1) is 12.3 Å². The van der Waals surface area contributed by atoms with E-state index in [4.69, 9.17) is 6.42 Å². The van der Waals surface area contributed by atoms with Gasteiger partial charge in [0.05, 0.1) is 12.1 Å². The second-order valence-electron chi connectivity index (χ2n) is 6.57. The number of fused-ring (bicyclic) bond motifs is 1. The van der Waals surface area contributed by atoms with E-state index in [1.54, 1.807) is 6.07 Å². The zero-order chi connectivity index (χ0) is 17.9. The summed E-state index contributed by atoms with van der Waals surface area (Å²) >= 11 is 0. The SMILES string of the molecule is C#CCCC1(CCC(=O)NCc2cc(C(=O)O)c3n2CCCC3)N=N1. The van der Waals surface area contributed by atoms with Gasteiger partial charge in [0.2, 0.25) is 5.91 Å². The van der Waals surface area contributed by atoms with Gasteiger partial charge in [0, 0.05) is 43.6 Å². The maximum Gasteiger partial charge on any atom is 0.337 e. The smallest absolute Gasteiger partial charge is 0.337 e. The van der Waals surface area contributed by atoms with E-state index in [1.165, 1.54) is 0 Å². The van der Waals surface area contributed by atoms with Gasteiger partial charge < -0.3 is 15.0 Å². The van der Waals surface area contributed by atoms with Gasteiger partial charge >= 0.3 is 5.97 Å². The third-order valence-electron chi connectivity index (χ3n) is 4.84. The molecule has 2 N–H and O–H groups in total. The molecular weight excluding hydrogens is 320 g/mol. The monoisotopic (exact) mass is 342 g/mol. The molecule has 1 amide bonds. The molecule has 2 aliphatic rings. The number of carboxylic acids is 1. The number of carboxylic acid groups (broad SMARTS) is 1. The van der Waals surface area contributed by atoms with Gasteiger partial charge in [-0.25, -0.2) is 4.79 Å². The zero-order valence-corrected chi connectivity index (χ0v) is 14.1. The predicted molar refractivity (Wildman–Crippen MR) is 91.1 cm³/mol. The molecule has 2 aliphatic heterocycles. The molecule has 3 heterocycles. The van der Waals surface area contributed by atoms with Crippen LogP contribution < -0.4 is 5.32 Å². The van der Waals surface area contributed by atoms with E-state index in [-0.39, 0.29) is 5.91 Å². The van der Waals surface area contributed by atoms with Crippen molar-refractivity contribution in [1.82, 2.24) is 9.88 Å². The molecule has 7 heteroatoms. The van der Waals surface area contributed by atoms with Crippen molar-refractivity contribution in [1.29, 1.82) is 0 Å². The summed E-state index contributed by atoms with van der Waals surface area (Å²) in [5.74, 6) is 1.58. The van der Waals surface area contributed by atoms with Crippen molar-refractivity contribution in [2.75, 3.05) is 0 Å². The highest BCUT2D eigenvalue weighted by Crippen LogP contribution is 2.37. The van der Waals surface area contributed by atoms with Gasteiger partial charge in [0.25, 0.3) is 0 Å². The highest BCUT2D eigenvalue weighted by atomic mass is 16.4. The van der Waals surface area contributed by atoms with Gasteiger partial charge in [-0.1, -0.05) is 0 Å². The van der Waals surface area contributed by atoms with Crippen molar-refractivity contribution in [3.8, 4) is 12.3 Å². The molecule has 0 spiro atoms. The van der Waals surface area contributed by atoms with Crippen molar-refractivity contribution >= 4 is 11.9 Å². The summed E-state index contributed by atoms with van der Waals surface area (Å²) in [6.07, 6.45) is 10.2. The molecule has 0 saturated carbocycles. The number of rotatable bonds is 8.